The standard InChI is InChI=1S/6C6H7NO2.6CH3O.6Cu/c6*1-4(8)6(3-7)5(2)9;6*1-2;;;;;;/h6*8H,1-2H3;6*1H3;;;;;;/q;;;;;;6*-1;6*+2/p-6/b6*6-4-;;;;;;;;;;;;. The van der Waals surface area contributed by atoms with Crippen molar-refractivity contribution in [3.8, 4) is 36.4 Å². The maximum atomic E-state index is 10.3. The summed E-state index contributed by atoms with van der Waals surface area (Å²) in [6.45, 7) is 14.3. The van der Waals surface area contributed by atoms with Gasteiger partial charge in [0, 0.05) is 0 Å². The number of hydrogen-bond acceptors (Lipinski definition) is 24. The molecule has 0 aliphatic rings. The van der Waals surface area contributed by atoms with Crippen LogP contribution in [0.5, 0.6) is 0 Å². The minimum atomic E-state index is -0.468. The van der Waals surface area contributed by atoms with Crippen LogP contribution in [0.25, 0.3) is 0 Å². The zero-order valence-corrected chi connectivity index (χ0v) is 47.5. The topological polar surface area (TPSA) is 522 Å². The molecule has 0 heterocycles. The minimum absolute atomic E-state index is 0. The molecule has 0 unspecified atom stereocenters. The van der Waals surface area contributed by atoms with Crippen LogP contribution in [0.15, 0.2) is 68.0 Å². The van der Waals surface area contributed by atoms with Crippen LogP contribution in [0, 0.1) is 68.0 Å². The van der Waals surface area contributed by atoms with E-state index in [4.69, 9.17) is 62.2 Å². The number of carbonyl (C=O) groups excluding carboxylic acids is 6. The second-order valence-electron chi connectivity index (χ2n) is 9.60. The molecule has 0 aliphatic heterocycles. The van der Waals surface area contributed by atoms with E-state index in [1.54, 1.807) is 0 Å². The van der Waals surface area contributed by atoms with Gasteiger partial charge in [0.15, 0.2) is 34.7 Å². The molecule has 0 N–H and O–H groups in total. The first-order valence-corrected chi connectivity index (χ1v) is 16.7. The summed E-state index contributed by atoms with van der Waals surface area (Å²) < 4.78 is 0. The van der Waals surface area contributed by atoms with Gasteiger partial charge in [-0.25, -0.2) is 0 Å². The van der Waals surface area contributed by atoms with Gasteiger partial charge >= 0.3 is 102 Å². The monoisotopic (exact) mass is 1310 g/mol. The molecular formula is C42H54Cu6N6O18. The van der Waals surface area contributed by atoms with E-state index in [-0.39, 0.29) is 136 Å². The number of rotatable bonds is 6. The van der Waals surface area contributed by atoms with Crippen molar-refractivity contribution in [3.05, 3.63) is 68.0 Å². The van der Waals surface area contributed by atoms with Gasteiger partial charge in [0.2, 0.25) is 0 Å². The Labute approximate surface area is 485 Å². The fourth-order valence-electron chi connectivity index (χ4n) is 2.43. The molecule has 0 rings (SSSR count). The molecule has 72 heavy (non-hydrogen) atoms. The first kappa shape index (κ1) is 122. The van der Waals surface area contributed by atoms with E-state index in [1.165, 1.54) is 120 Å². The molecule has 0 fully saturated rings. The van der Waals surface area contributed by atoms with E-state index in [2.05, 4.69) is 0 Å². The number of nitriles is 6. The predicted octanol–water partition coefficient (Wildman–Crippen LogP) is -7.76. The second-order valence-corrected chi connectivity index (χ2v) is 9.60. The van der Waals surface area contributed by atoms with Crippen LogP contribution in [0.4, 0.5) is 0 Å². The van der Waals surface area contributed by atoms with Crippen molar-refractivity contribution in [2.24, 2.45) is 0 Å². The van der Waals surface area contributed by atoms with Crippen LogP contribution in [0.1, 0.15) is 83.1 Å². The fourth-order valence-corrected chi connectivity index (χ4v) is 2.43. The van der Waals surface area contributed by atoms with Gasteiger partial charge in [-0.15, -0.1) is 34.6 Å². The molecular weight excluding hydrogens is 1260 g/mol. The van der Waals surface area contributed by atoms with Crippen LogP contribution < -0.4 is 61.3 Å². The quantitative estimate of drug-likeness (QED) is 0.103. The Balaban J connectivity index is -0.0000000286. The minimum Gasteiger partial charge on any atom is -0.875 e. The van der Waals surface area contributed by atoms with E-state index in [0.29, 0.717) is 0 Å². The van der Waals surface area contributed by atoms with Crippen molar-refractivity contribution in [3.63, 3.8) is 0 Å². The summed E-state index contributed by atoms with van der Waals surface area (Å²) in [5, 5.41) is 160. The van der Waals surface area contributed by atoms with Gasteiger partial charge in [-0.3, -0.25) is 28.8 Å². The average Bonchev–Trinajstić information content (AvgIpc) is 3.23. The Hall–Kier alpha value is -4.92. The third kappa shape index (κ3) is 88.1. The molecule has 0 aromatic carbocycles. The smallest absolute Gasteiger partial charge is 0.875 e. The van der Waals surface area contributed by atoms with Gasteiger partial charge in [-0.05, 0) is 41.5 Å². The molecule has 0 amide bonds. The van der Waals surface area contributed by atoms with Crippen LogP contribution in [0.3, 0.4) is 0 Å². The van der Waals surface area contributed by atoms with Crippen LogP contribution in [-0.4, -0.2) is 77.4 Å². The van der Waals surface area contributed by atoms with Crippen LogP contribution in [-0.2, 0) is 131 Å². The average molecular weight is 1310 g/mol. The van der Waals surface area contributed by atoms with Crippen LogP contribution >= 0.6 is 0 Å². The number of ketones is 6. The SMILES string of the molecule is CC(=O)/C(C#N)=C(/C)[O-].CC(=O)/C(C#N)=C(/C)[O-].CC(=O)/C(C#N)=C(/C)[O-].CC(=O)/C(C#N)=C(/C)[O-].CC(=O)/C(C#N)=C(/C)[O-].CC(=O)/C(C#N)=C(/C)[O-].C[O-].C[O-].C[O-].C[O-].C[O-].C[O-].[Cu+2].[Cu+2].[Cu+2].[Cu+2].[Cu+2].[Cu+2]. The van der Waals surface area contributed by atoms with Gasteiger partial charge in [-0.1, -0.05) is 41.5 Å². The molecule has 0 bridgehead atoms. The summed E-state index contributed by atoms with van der Waals surface area (Å²) in [6.07, 6.45) is 0. The molecule has 0 aromatic heterocycles. The summed E-state index contributed by atoms with van der Waals surface area (Å²) in [7, 11) is 4.50. The van der Waals surface area contributed by atoms with Crippen molar-refractivity contribution >= 4 is 34.7 Å². The summed E-state index contributed by atoms with van der Waals surface area (Å²) in [5.74, 6) is -5.61. The molecule has 6 radical (unpaired) electrons. The largest absolute Gasteiger partial charge is 2.00 e. The zero-order chi connectivity index (χ0) is 56.6. The number of carbonyl (C=O) groups is 6. The van der Waals surface area contributed by atoms with Crippen molar-refractivity contribution in [1.29, 1.82) is 31.6 Å². The number of allylic oxidation sites excluding steroid dienone is 12. The summed E-state index contributed by atoms with van der Waals surface area (Å²) in [5.41, 5.74) is -1.69. The Morgan fingerprint density at radius 2 is 0.278 bits per heavy atom. The Morgan fingerprint density at radius 3 is 0.278 bits per heavy atom. The molecule has 30 heteroatoms. The fraction of sp³-hybridized carbons (Fsp3) is 0.429. The molecule has 0 spiro atoms. The summed E-state index contributed by atoms with van der Waals surface area (Å²) in [6, 6.07) is 9.11. The van der Waals surface area contributed by atoms with Gasteiger partial charge in [-0.2, -0.15) is 74.2 Å². The Kier molecular flexibility index (Phi) is 156. The first-order valence-electron chi connectivity index (χ1n) is 16.7. The zero-order valence-electron chi connectivity index (χ0n) is 41.8. The third-order valence-corrected chi connectivity index (χ3v) is 4.90. The first-order chi connectivity index (χ1) is 30.5. The normalized spacial score (nSPS) is 9.25. The predicted molar refractivity (Wildman–Crippen MR) is 210 cm³/mol. The Morgan fingerprint density at radius 1 is 0.222 bits per heavy atom. The molecule has 0 saturated carbocycles. The van der Waals surface area contributed by atoms with Gasteiger partial charge in [0.25, 0.3) is 0 Å². The van der Waals surface area contributed by atoms with E-state index in [0.717, 1.165) is 42.7 Å². The van der Waals surface area contributed by atoms with E-state index in [1.807, 2.05) is 0 Å². The van der Waals surface area contributed by atoms with Crippen molar-refractivity contribution in [1.82, 2.24) is 0 Å². The molecule has 0 saturated heterocycles. The molecule has 24 nitrogen and oxygen atoms in total. The number of nitrogens with zero attached hydrogens (tertiary/aromatic N) is 6. The summed E-state index contributed by atoms with van der Waals surface area (Å²) >= 11 is 0. The number of Topliss-reactive ketones (excluding diaryl/α,β-unsaturated/α-hetero) is 6. The van der Waals surface area contributed by atoms with E-state index >= 15 is 0 Å². The second kappa shape index (κ2) is 92.2. The summed E-state index contributed by atoms with van der Waals surface area (Å²) in [4.78, 5) is 62.0. The maximum absolute atomic E-state index is 10.3. The molecule has 0 aliphatic carbocycles. The van der Waals surface area contributed by atoms with Crippen molar-refractivity contribution in [2.75, 3.05) is 42.7 Å². The maximum Gasteiger partial charge on any atom is 2.00 e. The molecule has 0 atom stereocenters. The van der Waals surface area contributed by atoms with Crippen LogP contribution in [0.2, 0.25) is 0 Å². The van der Waals surface area contributed by atoms with E-state index < -0.39 is 69.3 Å². The number of hydrogen-bond donors (Lipinski definition) is 0. The van der Waals surface area contributed by atoms with Gasteiger partial charge in [0.05, 0.1) is 33.4 Å². The van der Waals surface area contributed by atoms with E-state index in [9.17, 15) is 59.4 Å². The molecule has 0 aromatic rings. The van der Waals surface area contributed by atoms with Gasteiger partial charge < -0.3 is 61.3 Å². The van der Waals surface area contributed by atoms with Gasteiger partial charge in [0.1, 0.15) is 36.4 Å². The third-order valence-electron chi connectivity index (χ3n) is 4.90. The van der Waals surface area contributed by atoms with Crippen molar-refractivity contribution < 1.29 is 192 Å². The molecule has 426 valence electrons. The Bertz CT molecular complexity index is 1560. The van der Waals surface area contributed by atoms with Crippen molar-refractivity contribution in [2.45, 2.75) is 83.1 Å².